The Kier molecular flexibility index (Phi) is 8.28. The minimum absolute atomic E-state index is 0.00675. The number of carbonyl (C=O) groups is 1. The number of allylic oxidation sites excluding steroid dienone is 1. The van der Waals surface area contributed by atoms with Crippen LogP contribution < -0.4 is 0 Å². The van der Waals surface area contributed by atoms with Crippen molar-refractivity contribution in [2.24, 2.45) is 0 Å². The van der Waals surface area contributed by atoms with E-state index in [-0.39, 0.29) is 12.8 Å². The molecule has 23 heavy (non-hydrogen) atoms. The summed E-state index contributed by atoms with van der Waals surface area (Å²) in [6.45, 7) is 3.14. The molecule has 0 amide bonds. The van der Waals surface area contributed by atoms with Gasteiger partial charge in [0.05, 0.1) is 30.5 Å². The molecule has 130 valence electrons. The molecule has 0 saturated carbocycles. The SMILES string of the molecule is C#CC=CCC1OC(C(CC)OC(C)=O)CC(O)C(O)CC1O. The van der Waals surface area contributed by atoms with E-state index in [4.69, 9.17) is 15.9 Å². The molecule has 6 unspecified atom stereocenters. The Morgan fingerprint density at radius 1 is 1.35 bits per heavy atom. The van der Waals surface area contributed by atoms with Crippen molar-refractivity contribution in [3.05, 3.63) is 12.2 Å². The average molecular weight is 326 g/mol. The summed E-state index contributed by atoms with van der Waals surface area (Å²) in [5.41, 5.74) is 0. The number of hydrogen-bond donors (Lipinski definition) is 3. The monoisotopic (exact) mass is 326 g/mol. The van der Waals surface area contributed by atoms with Crippen LogP contribution in [-0.4, -0.2) is 57.9 Å². The van der Waals surface area contributed by atoms with E-state index in [2.05, 4.69) is 5.92 Å². The fourth-order valence-corrected chi connectivity index (χ4v) is 2.68. The first kappa shape index (κ1) is 19.7. The van der Waals surface area contributed by atoms with E-state index >= 15 is 0 Å². The van der Waals surface area contributed by atoms with Gasteiger partial charge in [-0.15, -0.1) is 6.42 Å². The van der Waals surface area contributed by atoms with Crippen LogP contribution in [0.3, 0.4) is 0 Å². The molecular formula is C17H26O6. The number of hydrogen-bond acceptors (Lipinski definition) is 6. The molecule has 0 aliphatic carbocycles. The van der Waals surface area contributed by atoms with Crippen LogP contribution in [0.1, 0.15) is 39.5 Å². The van der Waals surface area contributed by atoms with Crippen LogP contribution in [0.25, 0.3) is 0 Å². The molecule has 0 spiro atoms. The molecule has 1 saturated heterocycles. The van der Waals surface area contributed by atoms with Crippen molar-refractivity contribution in [3.8, 4) is 12.3 Å². The Hall–Kier alpha value is -1.39. The van der Waals surface area contributed by atoms with Crippen molar-refractivity contribution in [3.63, 3.8) is 0 Å². The number of terminal acetylenes is 1. The second kappa shape index (κ2) is 9.68. The van der Waals surface area contributed by atoms with Gasteiger partial charge in [0.15, 0.2) is 0 Å². The van der Waals surface area contributed by atoms with Gasteiger partial charge in [0.2, 0.25) is 0 Å². The zero-order valence-corrected chi connectivity index (χ0v) is 13.6. The normalized spacial score (nSPS) is 33.5. The van der Waals surface area contributed by atoms with E-state index in [1.54, 1.807) is 6.08 Å². The quantitative estimate of drug-likeness (QED) is 0.504. The van der Waals surface area contributed by atoms with Gasteiger partial charge in [-0.2, -0.15) is 0 Å². The lowest BCUT2D eigenvalue weighted by atomic mass is 9.92. The number of esters is 1. The molecule has 0 aromatic rings. The first-order chi connectivity index (χ1) is 10.9. The first-order valence-corrected chi connectivity index (χ1v) is 7.87. The zero-order chi connectivity index (χ0) is 17.4. The third-order valence-electron chi connectivity index (χ3n) is 3.90. The smallest absolute Gasteiger partial charge is 0.302 e. The summed E-state index contributed by atoms with van der Waals surface area (Å²) in [7, 11) is 0. The number of aliphatic hydroxyl groups excluding tert-OH is 3. The molecule has 6 heteroatoms. The highest BCUT2D eigenvalue weighted by molar-refractivity contribution is 5.66. The van der Waals surface area contributed by atoms with E-state index < -0.39 is 42.6 Å². The minimum Gasteiger partial charge on any atom is -0.460 e. The Morgan fingerprint density at radius 2 is 2.00 bits per heavy atom. The Morgan fingerprint density at radius 3 is 2.57 bits per heavy atom. The van der Waals surface area contributed by atoms with E-state index in [1.165, 1.54) is 13.0 Å². The van der Waals surface area contributed by atoms with E-state index in [0.717, 1.165) is 0 Å². The fourth-order valence-electron chi connectivity index (χ4n) is 2.68. The van der Waals surface area contributed by atoms with Crippen molar-refractivity contribution < 1.29 is 29.6 Å². The zero-order valence-electron chi connectivity index (χ0n) is 13.6. The van der Waals surface area contributed by atoms with Gasteiger partial charge in [-0.1, -0.05) is 18.9 Å². The van der Waals surface area contributed by atoms with Gasteiger partial charge in [0.25, 0.3) is 0 Å². The van der Waals surface area contributed by atoms with Crippen LogP contribution in [0.15, 0.2) is 12.2 Å². The minimum atomic E-state index is -1.06. The average Bonchev–Trinajstić information content (AvgIpc) is 2.49. The van der Waals surface area contributed by atoms with Crippen LogP contribution >= 0.6 is 0 Å². The lowest BCUT2D eigenvalue weighted by Crippen LogP contribution is -2.48. The molecule has 1 heterocycles. The van der Waals surface area contributed by atoms with Gasteiger partial charge >= 0.3 is 5.97 Å². The topological polar surface area (TPSA) is 96.2 Å². The number of aliphatic hydroxyl groups is 3. The van der Waals surface area contributed by atoms with Crippen LogP contribution in [0.2, 0.25) is 0 Å². The molecule has 6 nitrogen and oxygen atoms in total. The van der Waals surface area contributed by atoms with Gasteiger partial charge < -0.3 is 24.8 Å². The second-order valence-corrected chi connectivity index (χ2v) is 5.75. The molecular weight excluding hydrogens is 300 g/mol. The third-order valence-corrected chi connectivity index (χ3v) is 3.90. The Balaban J connectivity index is 2.93. The Bertz CT molecular complexity index is 441. The summed E-state index contributed by atoms with van der Waals surface area (Å²) in [5.74, 6) is 1.92. The van der Waals surface area contributed by atoms with Crippen LogP contribution in [0, 0.1) is 12.3 Å². The van der Waals surface area contributed by atoms with Crippen LogP contribution in [-0.2, 0) is 14.3 Å². The standard InChI is InChI=1S/C17H26O6/c1-4-6-7-8-16-14(21)9-12(19)13(20)10-17(23-16)15(5-2)22-11(3)18/h1,6-7,12-17,19-21H,5,8-10H2,2-3H3. The van der Waals surface area contributed by atoms with Gasteiger partial charge in [0.1, 0.15) is 6.10 Å². The number of ether oxygens (including phenoxy) is 2. The molecule has 1 rings (SSSR count). The van der Waals surface area contributed by atoms with Gasteiger partial charge in [-0.3, -0.25) is 4.79 Å². The van der Waals surface area contributed by atoms with Crippen molar-refractivity contribution in [1.82, 2.24) is 0 Å². The number of rotatable bonds is 5. The van der Waals surface area contributed by atoms with Crippen molar-refractivity contribution in [2.45, 2.75) is 76.2 Å². The second-order valence-electron chi connectivity index (χ2n) is 5.75. The molecule has 0 bridgehead atoms. The fraction of sp³-hybridized carbons (Fsp3) is 0.706. The van der Waals surface area contributed by atoms with E-state index in [9.17, 15) is 20.1 Å². The number of carbonyl (C=O) groups excluding carboxylic acids is 1. The predicted octanol–water partition coefficient (Wildman–Crippen LogP) is 0.538. The largest absolute Gasteiger partial charge is 0.460 e. The molecule has 6 atom stereocenters. The summed E-state index contributed by atoms with van der Waals surface area (Å²) in [5, 5.41) is 30.2. The summed E-state index contributed by atoms with van der Waals surface area (Å²) in [6.07, 6.45) is 4.50. The maximum Gasteiger partial charge on any atom is 0.302 e. The van der Waals surface area contributed by atoms with Gasteiger partial charge in [-0.25, -0.2) is 0 Å². The summed E-state index contributed by atoms with van der Waals surface area (Å²) in [6, 6.07) is 0. The maximum atomic E-state index is 11.2. The molecule has 0 aromatic heterocycles. The Labute approximate surface area is 137 Å². The molecule has 1 fully saturated rings. The highest BCUT2D eigenvalue weighted by Gasteiger charge is 2.37. The summed E-state index contributed by atoms with van der Waals surface area (Å²) >= 11 is 0. The van der Waals surface area contributed by atoms with Crippen LogP contribution in [0.4, 0.5) is 0 Å². The molecule has 3 N–H and O–H groups in total. The van der Waals surface area contributed by atoms with Crippen LogP contribution in [0.5, 0.6) is 0 Å². The summed E-state index contributed by atoms with van der Waals surface area (Å²) in [4.78, 5) is 11.2. The molecule has 1 aliphatic heterocycles. The predicted molar refractivity (Wildman–Crippen MR) is 84.4 cm³/mol. The lowest BCUT2D eigenvalue weighted by molar-refractivity contribution is -0.180. The van der Waals surface area contributed by atoms with Crippen molar-refractivity contribution in [1.29, 1.82) is 0 Å². The van der Waals surface area contributed by atoms with Crippen molar-refractivity contribution >= 4 is 5.97 Å². The molecule has 0 aromatic carbocycles. The first-order valence-electron chi connectivity index (χ1n) is 7.87. The lowest BCUT2D eigenvalue weighted by Gasteiger charge is -2.37. The molecule has 1 aliphatic rings. The van der Waals surface area contributed by atoms with Gasteiger partial charge in [-0.05, 0) is 18.9 Å². The molecule has 0 radical (unpaired) electrons. The van der Waals surface area contributed by atoms with E-state index in [1.807, 2.05) is 6.92 Å². The van der Waals surface area contributed by atoms with Gasteiger partial charge in [0, 0.05) is 19.8 Å². The highest BCUT2D eigenvalue weighted by Crippen LogP contribution is 2.26. The highest BCUT2D eigenvalue weighted by atomic mass is 16.6. The maximum absolute atomic E-state index is 11.2. The van der Waals surface area contributed by atoms with E-state index in [0.29, 0.717) is 12.8 Å². The summed E-state index contributed by atoms with van der Waals surface area (Å²) < 4.78 is 11.1. The third kappa shape index (κ3) is 6.32. The van der Waals surface area contributed by atoms with Crippen molar-refractivity contribution in [2.75, 3.05) is 0 Å².